The quantitative estimate of drug-likeness (QED) is 0.716. The van der Waals surface area contributed by atoms with E-state index in [0.717, 1.165) is 5.56 Å². The zero-order valence-corrected chi connectivity index (χ0v) is 13.7. The number of carbonyl (C=O) groups is 1. The molecule has 0 unspecified atom stereocenters. The van der Waals surface area contributed by atoms with E-state index in [4.69, 9.17) is 9.47 Å². The highest BCUT2D eigenvalue weighted by molar-refractivity contribution is 6.04. The summed E-state index contributed by atoms with van der Waals surface area (Å²) in [6.45, 7) is 0.652. The van der Waals surface area contributed by atoms with Gasteiger partial charge in [0.1, 0.15) is 34.6 Å². The molecule has 128 valence electrons. The lowest BCUT2D eigenvalue weighted by atomic mass is 10.1. The van der Waals surface area contributed by atoms with E-state index in [-0.39, 0.29) is 5.56 Å². The number of hydrogen-bond donors (Lipinski definition) is 2. The van der Waals surface area contributed by atoms with Crippen LogP contribution in [0.25, 0.3) is 22.3 Å². The van der Waals surface area contributed by atoms with Crippen LogP contribution in [0.5, 0.6) is 11.5 Å². The Kier molecular flexibility index (Phi) is 3.76. The number of aromatic nitrogens is 3. The van der Waals surface area contributed by atoms with Crippen molar-refractivity contribution in [3.05, 3.63) is 36.3 Å². The van der Waals surface area contributed by atoms with Crippen LogP contribution >= 0.6 is 0 Å². The first-order valence-electron chi connectivity index (χ1n) is 8.04. The molecule has 7 nitrogen and oxygen atoms in total. The summed E-state index contributed by atoms with van der Waals surface area (Å²) < 4.78 is 11.3. The summed E-state index contributed by atoms with van der Waals surface area (Å²) in [6.07, 6.45) is 5.18. The van der Waals surface area contributed by atoms with Gasteiger partial charge in [-0.15, -0.1) is 0 Å². The number of H-pyrrole nitrogens is 1. The van der Waals surface area contributed by atoms with E-state index in [1.807, 2.05) is 18.2 Å². The SMILES string of the molecule is COc1ccc(-c2ncnc3c(C(=O)O)c[nH]c23)c(OCC2CC2)c1. The maximum Gasteiger partial charge on any atom is 0.339 e. The summed E-state index contributed by atoms with van der Waals surface area (Å²) >= 11 is 0. The Labute approximate surface area is 143 Å². The third-order valence-corrected chi connectivity index (χ3v) is 4.31. The van der Waals surface area contributed by atoms with Crippen LogP contribution in [0.1, 0.15) is 23.2 Å². The van der Waals surface area contributed by atoms with Gasteiger partial charge in [0.2, 0.25) is 0 Å². The Morgan fingerprint density at radius 2 is 2.20 bits per heavy atom. The molecule has 0 aliphatic heterocycles. The fourth-order valence-corrected chi connectivity index (χ4v) is 2.74. The number of ether oxygens (including phenoxy) is 2. The van der Waals surface area contributed by atoms with Crippen molar-refractivity contribution in [1.82, 2.24) is 15.0 Å². The highest BCUT2D eigenvalue weighted by Crippen LogP contribution is 2.37. The van der Waals surface area contributed by atoms with Gasteiger partial charge in [0.05, 0.1) is 19.2 Å². The Balaban J connectivity index is 1.82. The number of hydrogen-bond acceptors (Lipinski definition) is 5. The fourth-order valence-electron chi connectivity index (χ4n) is 2.74. The molecule has 2 heterocycles. The van der Waals surface area contributed by atoms with Crippen LogP contribution in [0, 0.1) is 5.92 Å². The third-order valence-electron chi connectivity index (χ3n) is 4.31. The Morgan fingerprint density at radius 1 is 1.36 bits per heavy atom. The molecule has 1 fully saturated rings. The van der Waals surface area contributed by atoms with Gasteiger partial charge in [-0.3, -0.25) is 0 Å². The molecule has 0 radical (unpaired) electrons. The minimum Gasteiger partial charge on any atom is -0.497 e. The molecule has 7 heteroatoms. The van der Waals surface area contributed by atoms with Crippen molar-refractivity contribution in [2.24, 2.45) is 5.92 Å². The molecular formula is C18H17N3O4. The zero-order valence-electron chi connectivity index (χ0n) is 13.7. The molecule has 2 N–H and O–H groups in total. The van der Waals surface area contributed by atoms with Crippen LogP contribution in [0.15, 0.2) is 30.7 Å². The predicted octanol–water partition coefficient (Wildman–Crippen LogP) is 3.12. The third kappa shape index (κ3) is 2.88. The lowest BCUT2D eigenvalue weighted by molar-refractivity contribution is 0.0699. The van der Waals surface area contributed by atoms with Gasteiger partial charge in [-0.05, 0) is 30.9 Å². The van der Waals surface area contributed by atoms with Crippen molar-refractivity contribution in [2.75, 3.05) is 13.7 Å². The number of methoxy groups -OCH3 is 1. The maximum atomic E-state index is 11.3. The van der Waals surface area contributed by atoms with Crippen LogP contribution in [0.2, 0.25) is 0 Å². The predicted molar refractivity (Wildman–Crippen MR) is 91.1 cm³/mol. The van der Waals surface area contributed by atoms with Crippen LogP contribution in [0.4, 0.5) is 0 Å². The lowest BCUT2D eigenvalue weighted by Gasteiger charge is -2.13. The number of aromatic amines is 1. The molecule has 0 bridgehead atoms. The second-order valence-corrected chi connectivity index (χ2v) is 6.07. The van der Waals surface area contributed by atoms with E-state index >= 15 is 0 Å². The maximum absolute atomic E-state index is 11.3. The summed E-state index contributed by atoms with van der Waals surface area (Å²) in [5.41, 5.74) is 2.44. The number of rotatable bonds is 6. The first-order chi connectivity index (χ1) is 12.2. The van der Waals surface area contributed by atoms with Gasteiger partial charge in [-0.1, -0.05) is 0 Å². The molecule has 0 amide bonds. The molecule has 3 aromatic rings. The first-order valence-corrected chi connectivity index (χ1v) is 8.04. The average Bonchev–Trinajstić information content (AvgIpc) is 3.35. The van der Waals surface area contributed by atoms with E-state index in [9.17, 15) is 9.90 Å². The summed E-state index contributed by atoms with van der Waals surface area (Å²) in [7, 11) is 1.60. The van der Waals surface area contributed by atoms with E-state index in [1.54, 1.807) is 7.11 Å². The lowest BCUT2D eigenvalue weighted by Crippen LogP contribution is -2.02. The molecule has 0 saturated heterocycles. The number of carboxylic acid groups (broad SMARTS) is 1. The number of carboxylic acids is 1. The first kappa shape index (κ1) is 15.4. The van der Waals surface area contributed by atoms with E-state index < -0.39 is 5.97 Å². The van der Waals surface area contributed by atoms with Gasteiger partial charge < -0.3 is 19.6 Å². The highest BCUT2D eigenvalue weighted by atomic mass is 16.5. The second-order valence-electron chi connectivity index (χ2n) is 6.07. The van der Waals surface area contributed by atoms with E-state index in [0.29, 0.717) is 40.8 Å². The van der Waals surface area contributed by atoms with Gasteiger partial charge in [0.25, 0.3) is 0 Å². The topological polar surface area (TPSA) is 97.3 Å². The monoisotopic (exact) mass is 339 g/mol. The largest absolute Gasteiger partial charge is 0.497 e. The normalized spacial score (nSPS) is 13.8. The number of nitrogens with one attached hydrogen (secondary N) is 1. The van der Waals surface area contributed by atoms with E-state index in [1.165, 1.54) is 25.4 Å². The van der Waals surface area contributed by atoms with Crippen LogP contribution in [-0.4, -0.2) is 39.7 Å². The van der Waals surface area contributed by atoms with Gasteiger partial charge in [-0.2, -0.15) is 0 Å². The van der Waals surface area contributed by atoms with Crippen molar-refractivity contribution >= 4 is 17.0 Å². The molecular weight excluding hydrogens is 322 g/mol. The number of nitrogens with zero attached hydrogens (tertiary/aromatic N) is 2. The smallest absolute Gasteiger partial charge is 0.339 e. The standard InChI is InChI=1S/C18H17N3O4/c1-24-11-4-5-12(14(6-11)25-8-10-2-3-10)15-17-16(21-9-20-15)13(7-19-17)18(22)23/h4-7,9-10,19H,2-3,8H2,1H3,(H,22,23). The van der Waals surface area contributed by atoms with Gasteiger partial charge in [0.15, 0.2) is 0 Å². The molecule has 1 aromatic carbocycles. The number of benzene rings is 1. The fraction of sp³-hybridized carbons (Fsp3) is 0.278. The molecule has 1 aliphatic carbocycles. The molecule has 4 rings (SSSR count). The summed E-state index contributed by atoms with van der Waals surface area (Å²) in [5, 5.41) is 9.29. The number of fused-ring (bicyclic) bond motifs is 1. The minimum atomic E-state index is -1.03. The number of aromatic carboxylic acids is 1. The summed E-state index contributed by atoms with van der Waals surface area (Å²) in [6, 6.07) is 5.52. The van der Waals surface area contributed by atoms with Gasteiger partial charge in [0, 0.05) is 17.8 Å². The molecule has 25 heavy (non-hydrogen) atoms. The zero-order chi connectivity index (χ0) is 17.4. The second kappa shape index (κ2) is 6.08. The van der Waals surface area contributed by atoms with Crippen LogP contribution < -0.4 is 9.47 Å². The highest BCUT2D eigenvalue weighted by Gasteiger charge is 2.24. The van der Waals surface area contributed by atoms with Crippen molar-refractivity contribution in [1.29, 1.82) is 0 Å². The van der Waals surface area contributed by atoms with Crippen molar-refractivity contribution in [2.45, 2.75) is 12.8 Å². The van der Waals surface area contributed by atoms with E-state index in [2.05, 4.69) is 15.0 Å². The summed E-state index contributed by atoms with van der Waals surface area (Å²) in [5.74, 6) is 0.930. The van der Waals surface area contributed by atoms with Crippen molar-refractivity contribution < 1.29 is 19.4 Å². The molecule has 2 aromatic heterocycles. The Hall–Kier alpha value is -3.09. The molecule has 1 aliphatic rings. The van der Waals surface area contributed by atoms with Crippen LogP contribution in [0.3, 0.4) is 0 Å². The van der Waals surface area contributed by atoms with Gasteiger partial charge >= 0.3 is 5.97 Å². The van der Waals surface area contributed by atoms with Crippen molar-refractivity contribution in [3.8, 4) is 22.8 Å². The van der Waals surface area contributed by atoms with Gasteiger partial charge in [-0.25, -0.2) is 14.8 Å². The Bertz CT molecular complexity index is 947. The molecule has 0 spiro atoms. The summed E-state index contributed by atoms with van der Waals surface area (Å²) in [4.78, 5) is 22.8. The Morgan fingerprint density at radius 3 is 2.92 bits per heavy atom. The average molecular weight is 339 g/mol. The minimum absolute atomic E-state index is 0.118. The molecule has 0 atom stereocenters. The van der Waals surface area contributed by atoms with Crippen molar-refractivity contribution in [3.63, 3.8) is 0 Å². The molecule has 1 saturated carbocycles. The van der Waals surface area contributed by atoms with Crippen LogP contribution in [-0.2, 0) is 0 Å².